The van der Waals surface area contributed by atoms with Crippen LogP contribution in [0.25, 0.3) is 0 Å². The second kappa shape index (κ2) is 5.73. The fraction of sp³-hybridized carbons (Fsp3) is 0.462. The molecule has 0 bridgehead atoms. The molecular weight excluding hydrogens is 256 g/mol. The average molecular weight is 271 g/mol. The standard InChI is InChI=1S/C13H15F2NO3/c14-9-3-1-2-8(13(9)15)10(17)4-5-16-6-11(18)12(19)7-16/h1-3,11-12,18-19H,4-7H2. The van der Waals surface area contributed by atoms with Crippen molar-refractivity contribution in [3.8, 4) is 0 Å². The van der Waals surface area contributed by atoms with Crippen LogP contribution in [0.3, 0.4) is 0 Å². The molecule has 6 heteroatoms. The number of Topliss-reactive ketones (excluding diaryl/α,β-unsaturated/α-hetero) is 1. The van der Waals surface area contributed by atoms with Gasteiger partial charge in [0.05, 0.1) is 17.8 Å². The number of aliphatic hydroxyl groups excluding tert-OH is 2. The smallest absolute Gasteiger partial charge is 0.169 e. The van der Waals surface area contributed by atoms with E-state index in [0.717, 1.165) is 6.07 Å². The zero-order valence-corrected chi connectivity index (χ0v) is 10.2. The summed E-state index contributed by atoms with van der Waals surface area (Å²) in [6.07, 6.45) is -1.62. The molecule has 4 nitrogen and oxygen atoms in total. The minimum Gasteiger partial charge on any atom is -0.389 e. The maximum absolute atomic E-state index is 13.4. The summed E-state index contributed by atoms with van der Waals surface area (Å²) in [5, 5.41) is 18.7. The molecule has 0 amide bonds. The Bertz CT molecular complexity index is 471. The average Bonchev–Trinajstić information content (AvgIpc) is 2.69. The summed E-state index contributed by atoms with van der Waals surface area (Å²) in [6, 6.07) is 3.49. The van der Waals surface area contributed by atoms with Crippen LogP contribution in [0.4, 0.5) is 8.78 Å². The number of hydrogen-bond donors (Lipinski definition) is 2. The fourth-order valence-electron chi connectivity index (χ4n) is 2.14. The molecule has 1 aliphatic rings. The van der Waals surface area contributed by atoms with Crippen LogP contribution >= 0.6 is 0 Å². The molecule has 1 aromatic carbocycles. The SMILES string of the molecule is O=C(CCN1CC(O)C(O)C1)c1cccc(F)c1F. The van der Waals surface area contributed by atoms with Crippen molar-refractivity contribution in [1.82, 2.24) is 4.90 Å². The zero-order valence-electron chi connectivity index (χ0n) is 10.2. The first kappa shape index (κ1) is 14.0. The minimum absolute atomic E-state index is 0.0137. The van der Waals surface area contributed by atoms with Gasteiger partial charge in [0.2, 0.25) is 0 Å². The Labute approximate surface area is 109 Å². The van der Waals surface area contributed by atoms with Crippen molar-refractivity contribution < 1.29 is 23.8 Å². The van der Waals surface area contributed by atoms with Crippen LogP contribution in [0.5, 0.6) is 0 Å². The number of halogens is 2. The Morgan fingerprint density at radius 2 is 1.89 bits per heavy atom. The third-order valence-corrected chi connectivity index (χ3v) is 3.24. The van der Waals surface area contributed by atoms with E-state index in [4.69, 9.17) is 0 Å². The van der Waals surface area contributed by atoms with Gasteiger partial charge >= 0.3 is 0 Å². The number of ketones is 1. The number of carbonyl (C=O) groups is 1. The van der Waals surface area contributed by atoms with Crippen LogP contribution in [-0.4, -0.2) is 52.7 Å². The van der Waals surface area contributed by atoms with Crippen LogP contribution in [0.2, 0.25) is 0 Å². The summed E-state index contributed by atoms with van der Waals surface area (Å²) in [4.78, 5) is 13.5. The predicted molar refractivity (Wildman–Crippen MR) is 63.8 cm³/mol. The molecule has 1 heterocycles. The Hall–Kier alpha value is -1.37. The van der Waals surface area contributed by atoms with Gasteiger partial charge in [0.15, 0.2) is 17.4 Å². The molecule has 0 aromatic heterocycles. The van der Waals surface area contributed by atoms with Crippen molar-refractivity contribution >= 4 is 5.78 Å². The third-order valence-electron chi connectivity index (χ3n) is 3.24. The monoisotopic (exact) mass is 271 g/mol. The largest absolute Gasteiger partial charge is 0.389 e. The highest BCUT2D eigenvalue weighted by molar-refractivity contribution is 5.96. The number of aliphatic hydroxyl groups is 2. The Kier molecular flexibility index (Phi) is 4.24. The van der Waals surface area contributed by atoms with Gasteiger partial charge < -0.3 is 10.2 Å². The van der Waals surface area contributed by atoms with Gasteiger partial charge in [-0.25, -0.2) is 8.78 Å². The molecule has 2 rings (SSSR count). The molecule has 1 saturated heterocycles. The van der Waals surface area contributed by atoms with Gasteiger partial charge in [0.1, 0.15) is 0 Å². The van der Waals surface area contributed by atoms with Crippen molar-refractivity contribution in [3.05, 3.63) is 35.4 Å². The van der Waals surface area contributed by atoms with Crippen LogP contribution in [0.1, 0.15) is 16.8 Å². The fourth-order valence-corrected chi connectivity index (χ4v) is 2.14. The van der Waals surface area contributed by atoms with Crippen molar-refractivity contribution in [3.63, 3.8) is 0 Å². The number of nitrogens with zero attached hydrogens (tertiary/aromatic N) is 1. The lowest BCUT2D eigenvalue weighted by atomic mass is 10.1. The lowest BCUT2D eigenvalue weighted by Gasteiger charge is -2.13. The highest BCUT2D eigenvalue weighted by atomic mass is 19.2. The molecule has 0 saturated carbocycles. The van der Waals surface area contributed by atoms with Gasteiger partial charge in [0.25, 0.3) is 0 Å². The molecule has 2 atom stereocenters. The van der Waals surface area contributed by atoms with Crippen molar-refractivity contribution in [2.24, 2.45) is 0 Å². The first-order valence-corrected chi connectivity index (χ1v) is 6.04. The number of benzene rings is 1. The number of hydrogen-bond acceptors (Lipinski definition) is 4. The van der Waals surface area contributed by atoms with Gasteiger partial charge in [-0.1, -0.05) is 6.07 Å². The van der Waals surface area contributed by atoms with E-state index in [1.54, 1.807) is 4.90 Å². The van der Waals surface area contributed by atoms with Crippen molar-refractivity contribution in [2.75, 3.05) is 19.6 Å². The quantitative estimate of drug-likeness (QED) is 0.786. The van der Waals surface area contributed by atoms with E-state index in [1.807, 2.05) is 0 Å². The third kappa shape index (κ3) is 3.15. The van der Waals surface area contributed by atoms with Crippen LogP contribution in [0.15, 0.2) is 18.2 Å². The molecule has 0 aliphatic carbocycles. The summed E-state index contributed by atoms with van der Waals surface area (Å²) in [7, 11) is 0. The molecular formula is C13H15F2NO3. The summed E-state index contributed by atoms with van der Waals surface area (Å²) in [6.45, 7) is 0.850. The topological polar surface area (TPSA) is 60.8 Å². The highest BCUT2D eigenvalue weighted by Gasteiger charge is 2.29. The number of rotatable bonds is 4. The molecule has 2 unspecified atom stereocenters. The van der Waals surface area contributed by atoms with Crippen LogP contribution < -0.4 is 0 Å². The van der Waals surface area contributed by atoms with Gasteiger partial charge in [-0.2, -0.15) is 0 Å². The zero-order chi connectivity index (χ0) is 14.0. The lowest BCUT2D eigenvalue weighted by Crippen LogP contribution is -2.25. The highest BCUT2D eigenvalue weighted by Crippen LogP contribution is 2.15. The summed E-state index contributed by atoms with van der Waals surface area (Å²) in [5.41, 5.74) is -0.264. The second-order valence-electron chi connectivity index (χ2n) is 4.67. The van der Waals surface area contributed by atoms with E-state index in [-0.39, 0.29) is 25.1 Å². The molecule has 104 valence electrons. The lowest BCUT2D eigenvalue weighted by molar-refractivity contribution is 0.0572. The molecule has 1 aromatic rings. The molecule has 1 aliphatic heterocycles. The summed E-state index contributed by atoms with van der Waals surface area (Å²) < 4.78 is 26.4. The van der Waals surface area contributed by atoms with E-state index in [0.29, 0.717) is 6.54 Å². The van der Waals surface area contributed by atoms with E-state index in [1.165, 1.54) is 12.1 Å². The Morgan fingerprint density at radius 3 is 2.53 bits per heavy atom. The maximum atomic E-state index is 13.4. The summed E-state index contributed by atoms with van der Waals surface area (Å²) in [5.74, 6) is -2.67. The Balaban J connectivity index is 1.93. The van der Waals surface area contributed by atoms with Crippen LogP contribution in [-0.2, 0) is 0 Å². The molecule has 0 radical (unpaired) electrons. The van der Waals surface area contributed by atoms with E-state index in [2.05, 4.69) is 0 Å². The molecule has 19 heavy (non-hydrogen) atoms. The molecule has 2 N–H and O–H groups in total. The predicted octanol–water partition coefficient (Wildman–Crippen LogP) is 0.575. The number of carbonyl (C=O) groups excluding carboxylic acids is 1. The van der Waals surface area contributed by atoms with Gasteiger partial charge in [0, 0.05) is 26.1 Å². The molecule has 1 fully saturated rings. The number of β-amino-alcohol motifs (C(OH)–C–C–N with tert-alkyl or cyclic N) is 2. The minimum atomic E-state index is -1.13. The van der Waals surface area contributed by atoms with E-state index in [9.17, 15) is 23.8 Å². The van der Waals surface area contributed by atoms with E-state index >= 15 is 0 Å². The van der Waals surface area contributed by atoms with Gasteiger partial charge in [-0.05, 0) is 12.1 Å². The maximum Gasteiger partial charge on any atom is 0.169 e. The van der Waals surface area contributed by atoms with E-state index < -0.39 is 29.6 Å². The van der Waals surface area contributed by atoms with Gasteiger partial charge in [-0.3, -0.25) is 9.69 Å². The second-order valence-corrected chi connectivity index (χ2v) is 4.67. The first-order chi connectivity index (χ1) is 8.99. The Morgan fingerprint density at radius 1 is 1.26 bits per heavy atom. The molecule has 0 spiro atoms. The summed E-state index contributed by atoms with van der Waals surface area (Å²) >= 11 is 0. The number of likely N-dealkylation sites (tertiary alicyclic amines) is 1. The first-order valence-electron chi connectivity index (χ1n) is 6.04. The van der Waals surface area contributed by atoms with Crippen molar-refractivity contribution in [2.45, 2.75) is 18.6 Å². The van der Waals surface area contributed by atoms with Crippen LogP contribution in [0, 0.1) is 11.6 Å². The normalized spacial score (nSPS) is 23.8. The van der Waals surface area contributed by atoms with Crippen molar-refractivity contribution in [1.29, 1.82) is 0 Å². The van der Waals surface area contributed by atoms with Gasteiger partial charge in [-0.15, -0.1) is 0 Å².